The zero-order valence-corrected chi connectivity index (χ0v) is 25.1. The average molecular weight is 613 g/mol. The Morgan fingerprint density at radius 2 is 1.98 bits per heavy atom. The van der Waals surface area contributed by atoms with Gasteiger partial charge in [-0.1, -0.05) is 5.92 Å². The van der Waals surface area contributed by atoms with Gasteiger partial charge in [-0.25, -0.2) is 14.5 Å². The lowest BCUT2D eigenvalue weighted by Gasteiger charge is -2.30. The molecule has 1 aliphatic rings. The smallest absolute Gasteiger partial charge is 0.328 e. The predicted molar refractivity (Wildman–Crippen MR) is 162 cm³/mol. The van der Waals surface area contributed by atoms with Gasteiger partial charge < -0.3 is 24.7 Å². The molecule has 0 radical (unpaired) electrons. The van der Waals surface area contributed by atoms with Gasteiger partial charge in [0, 0.05) is 17.7 Å². The number of carbonyl (C=O) groups is 3. The number of esters is 2. The molecule has 2 aromatic heterocycles. The molecular weight excluding hydrogens is 580 g/mol. The third-order valence-corrected chi connectivity index (χ3v) is 7.79. The van der Waals surface area contributed by atoms with E-state index in [9.17, 15) is 19.2 Å². The van der Waals surface area contributed by atoms with Crippen molar-refractivity contribution in [2.75, 3.05) is 25.7 Å². The second kappa shape index (κ2) is 13.4. The number of nitrogens with zero attached hydrogens (tertiary/aromatic N) is 6. The van der Waals surface area contributed by atoms with Crippen molar-refractivity contribution in [3.8, 4) is 12.3 Å². The van der Waals surface area contributed by atoms with Crippen molar-refractivity contribution in [3.63, 3.8) is 0 Å². The maximum absolute atomic E-state index is 13.2. The van der Waals surface area contributed by atoms with Gasteiger partial charge in [0.25, 0.3) is 11.5 Å². The Bertz CT molecular complexity index is 1840. The van der Waals surface area contributed by atoms with Crippen molar-refractivity contribution >= 4 is 34.4 Å². The van der Waals surface area contributed by atoms with Crippen LogP contribution in [-0.2, 0) is 38.4 Å². The molecule has 14 heteroatoms. The van der Waals surface area contributed by atoms with Gasteiger partial charge in [-0.15, -0.1) is 11.5 Å². The number of terminal acetylenes is 1. The number of aromatic amines is 1. The van der Waals surface area contributed by atoms with Crippen LogP contribution in [0, 0.1) is 19.3 Å². The van der Waals surface area contributed by atoms with Crippen LogP contribution in [0.1, 0.15) is 52.0 Å². The number of carbonyl (C=O) groups excluding carboxylic acids is 3. The number of H-pyrrole nitrogens is 1. The van der Waals surface area contributed by atoms with Crippen LogP contribution >= 0.6 is 0 Å². The van der Waals surface area contributed by atoms with E-state index in [1.54, 1.807) is 31.2 Å². The highest BCUT2D eigenvalue weighted by molar-refractivity contribution is 5.97. The summed E-state index contributed by atoms with van der Waals surface area (Å²) in [6.07, 6.45) is 7.69. The van der Waals surface area contributed by atoms with Crippen molar-refractivity contribution in [1.29, 1.82) is 0 Å². The molecule has 1 aliphatic carbocycles. The number of amides is 1. The zero-order chi connectivity index (χ0) is 32.1. The molecule has 1 unspecified atom stereocenters. The van der Waals surface area contributed by atoms with Gasteiger partial charge in [0.2, 0.25) is 0 Å². The van der Waals surface area contributed by atoms with Crippen molar-refractivity contribution < 1.29 is 23.9 Å². The van der Waals surface area contributed by atoms with E-state index in [1.807, 2.05) is 12.1 Å². The number of ether oxygens (including phenoxy) is 2. The number of rotatable bonds is 11. The molecule has 4 aromatic rings. The summed E-state index contributed by atoms with van der Waals surface area (Å²) in [7, 11) is 2.49. The largest absolute Gasteiger partial charge is 0.468 e. The summed E-state index contributed by atoms with van der Waals surface area (Å²) in [6, 6.07) is 9.75. The van der Waals surface area contributed by atoms with Gasteiger partial charge in [-0.2, -0.15) is 0 Å². The number of hydrogen-bond acceptors (Lipinski definition) is 11. The minimum Gasteiger partial charge on any atom is -0.468 e. The fraction of sp³-hybridized carbons (Fsp3) is 0.355. The van der Waals surface area contributed by atoms with Gasteiger partial charge in [-0.05, 0) is 84.1 Å². The molecule has 0 bridgehead atoms. The van der Waals surface area contributed by atoms with Gasteiger partial charge in [0.05, 0.1) is 37.7 Å². The van der Waals surface area contributed by atoms with Crippen LogP contribution in [0.15, 0.2) is 41.2 Å². The molecule has 0 saturated carbocycles. The molecule has 45 heavy (non-hydrogen) atoms. The molecule has 232 valence electrons. The summed E-state index contributed by atoms with van der Waals surface area (Å²) in [4.78, 5) is 59.3. The summed E-state index contributed by atoms with van der Waals surface area (Å²) in [5.74, 6) is 2.00. The van der Waals surface area contributed by atoms with E-state index < -0.39 is 23.9 Å². The van der Waals surface area contributed by atoms with Gasteiger partial charge in [0.1, 0.15) is 18.4 Å². The van der Waals surface area contributed by atoms with Crippen LogP contribution in [-0.4, -0.2) is 74.8 Å². The Morgan fingerprint density at radius 3 is 2.69 bits per heavy atom. The molecule has 0 saturated heterocycles. The van der Waals surface area contributed by atoms with E-state index >= 15 is 0 Å². The molecule has 2 aromatic carbocycles. The van der Waals surface area contributed by atoms with Gasteiger partial charge >= 0.3 is 11.9 Å². The maximum Gasteiger partial charge on any atom is 0.328 e. The Kier molecular flexibility index (Phi) is 9.17. The molecule has 0 aliphatic heterocycles. The number of methoxy groups -OCH3 is 2. The van der Waals surface area contributed by atoms with Crippen molar-refractivity contribution in [1.82, 2.24) is 35.5 Å². The highest BCUT2D eigenvalue weighted by Crippen LogP contribution is 2.39. The minimum atomic E-state index is -0.991. The molecule has 14 nitrogen and oxygen atoms in total. The molecule has 1 amide bonds. The van der Waals surface area contributed by atoms with E-state index in [4.69, 9.17) is 11.2 Å². The molecule has 2 N–H and O–H groups in total. The average Bonchev–Trinajstić information content (AvgIpc) is 3.66. The van der Waals surface area contributed by atoms with E-state index in [1.165, 1.54) is 18.9 Å². The maximum atomic E-state index is 13.2. The van der Waals surface area contributed by atoms with Gasteiger partial charge in [0.15, 0.2) is 5.82 Å². The Morgan fingerprint density at radius 1 is 1.20 bits per heavy atom. The lowest BCUT2D eigenvalue weighted by Crippen LogP contribution is -2.42. The number of anilines is 1. The second-order valence-electron chi connectivity index (χ2n) is 10.6. The number of aromatic nitrogens is 6. The van der Waals surface area contributed by atoms with E-state index in [2.05, 4.69) is 46.4 Å². The SMILES string of the molecule is C#CCN(c1ccc(C(=O)N[C@@H](CCc2nnnn2CC(=O)OC)C(=O)OC)cc1)C1CCc2cc3nc(C)[nH]c(=O)c3cc21. The fourth-order valence-electron chi connectivity index (χ4n) is 5.56. The third-order valence-electron chi connectivity index (χ3n) is 7.79. The van der Waals surface area contributed by atoms with Crippen LogP contribution in [0.3, 0.4) is 0 Å². The predicted octanol–water partition coefficient (Wildman–Crippen LogP) is 1.42. The summed E-state index contributed by atoms with van der Waals surface area (Å²) >= 11 is 0. The first-order valence-electron chi connectivity index (χ1n) is 14.3. The number of hydrogen-bond donors (Lipinski definition) is 2. The highest BCUT2D eigenvalue weighted by atomic mass is 16.5. The molecule has 0 fully saturated rings. The van der Waals surface area contributed by atoms with Crippen LogP contribution in [0.4, 0.5) is 5.69 Å². The van der Waals surface area contributed by atoms with E-state index in [0.717, 1.165) is 29.7 Å². The Labute approximate surface area is 258 Å². The van der Waals surface area contributed by atoms with E-state index in [-0.39, 0.29) is 31.0 Å². The molecule has 2 heterocycles. The van der Waals surface area contributed by atoms with Crippen molar-refractivity contribution in [3.05, 3.63) is 75.1 Å². The summed E-state index contributed by atoms with van der Waals surface area (Å²) in [5.41, 5.74) is 3.76. The van der Waals surface area contributed by atoms with Crippen LogP contribution in [0.5, 0.6) is 0 Å². The van der Waals surface area contributed by atoms with Crippen molar-refractivity contribution in [2.24, 2.45) is 0 Å². The third kappa shape index (κ3) is 6.67. The molecule has 0 spiro atoms. The van der Waals surface area contributed by atoms with Crippen molar-refractivity contribution in [2.45, 2.75) is 51.2 Å². The monoisotopic (exact) mass is 612 g/mol. The van der Waals surface area contributed by atoms with Crippen LogP contribution in [0.2, 0.25) is 0 Å². The summed E-state index contributed by atoms with van der Waals surface area (Å²) in [5, 5.41) is 14.5. The first kappa shape index (κ1) is 30.9. The lowest BCUT2D eigenvalue weighted by atomic mass is 10.0. The number of fused-ring (bicyclic) bond motifs is 2. The molecule has 5 rings (SSSR count). The highest BCUT2D eigenvalue weighted by Gasteiger charge is 2.30. The topological polar surface area (TPSA) is 174 Å². The zero-order valence-electron chi connectivity index (χ0n) is 25.1. The molecular formula is C31H32N8O6. The van der Waals surface area contributed by atoms with Crippen LogP contribution in [0.25, 0.3) is 10.9 Å². The Hall–Kier alpha value is -5.58. The second-order valence-corrected chi connectivity index (χ2v) is 10.6. The Balaban J connectivity index is 1.31. The fourth-order valence-corrected chi connectivity index (χ4v) is 5.56. The van der Waals surface area contributed by atoms with E-state index in [0.29, 0.717) is 34.7 Å². The van der Waals surface area contributed by atoms with Gasteiger partial charge in [-0.3, -0.25) is 14.4 Å². The standard InChI is InChI=1S/C31H32N8O6/c1-5-14-38(26-12-8-20-15-25-23(16-22(20)26)30(42)33-18(2)32-25)21-9-6-19(7-10-21)29(41)34-24(31(43)45-4)11-13-27-35-36-37-39(27)17-28(40)44-3/h1,6-7,9-10,15-16,24,26H,8,11-14,17H2,2-4H3,(H,34,41)(H,32,33,42)/t24-,26?/m0/s1. The quantitative estimate of drug-likeness (QED) is 0.185. The normalized spacial score (nSPS) is 14.3. The van der Waals surface area contributed by atoms with Crippen LogP contribution < -0.4 is 15.8 Å². The number of benzene rings is 2. The first-order chi connectivity index (χ1) is 21.7. The lowest BCUT2D eigenvalue weighted by molar-refractivity contribution is -0.143. The molecule has 2 atom stereocenters. The number of tetrazole rings is 1. The minimum absolute atomic E-state index is 0.0692. The summed E-state index contributed by atoms with van der Waals surface area (Å²) < 4.78 is 10.8. The number of aryl methyl sites for hydroxylation is 3. The first-order valence-corrected chi connectivity index (χ1v) is 14.3. The number of nitrogens with one attached hydrogen (secondary N) is 2. The summed E-state index contributed by atoms with van der Waals surface area (Å²) in [6.45, 7) is 1.89.